The van der Waals surface area contributed by atoms with Crippen LogP contribution in [0.15, 0.2) is 18.3 Å². The maximum Gasteiger partial charge on any atom is 0.140 e. The molecule has 1 aliphatic carbocycles. The molecule has 3 heterocycles. The Balaban J connectivity index is 1.75. The lowest BCUT2D eigenvalue weighted by Gasteiger charge is -2.31. The van der Waals surface area contributed by atoms with Gasteiger partial charge >= 0.3 is 0 Å². The molecule has 0 radical (unpaired) electrons. The van der Waals surface area contributed by atoms with Crippen molar-refractivity contribution in [1.29, 1.82) is 0 Å². The van der Waals surface area contributed by atoms with E-state index >= 15 is 0 Å². The van der Waals surface area contributed by atoms with Gasteiger partial charge in [0.1, 0.15) is 5.65 Å². The molecular weight excluding hydrogens is 234 g/mol. The SMILES string of the molecule is CC(C)N1CCn2c(cc3cc(C4CC4)cnc32)C1. The maximum absolute atomic E-state index is 4.73. The van der Waals surface area contributed by atoms with E-state index in [1.165, 1.54) is 35.1 Å². The number of nitrogens with zero attached hydrogens (tertiary/aromatic N) is 3. The fourth-order valence-corrected chi connectivity index (χ4v) is 3.19. The van der Waals surface area contributed by atoms with E-state index in [1.54, 1.807) is 0 Å². The molecule has 0 spiro atoms. The van der Waals surface area contributed by atoms with Crippen molar-refractivity contribution in [3.05, 3.63) is 29.6 Å². The van der Waals surface area contributed by atoms with Gasteiger partial charge in [0.05, 0.1) is 0 Å². The Labute approximate surface area is 114 Å². The van der Waals surface area contributed by atoms with Gasteiger partial charge in [-0.3, -0.25) is 4.90 Å². The minimum Gasteiger partial charge on any atom is -0.327 e. The number of rotatable bonds is 2. The van der Waals surface area contributed by atoms with Crippen molar-refractivity contribution in [3.8, 4) is 0 Å². The summed E-state index contributed by atoms with van der Waals surface area (Å²) in [5, 5.41) is 1.34. The zero-order valence-electron chi connectivity index (χ0n) is 11.8. The molecule has 0 unspecified atom stereocenters. The van der Waals surface area contributed by atoms with Crippen LogP contribution in [-0.4, -0.2) is 27.0 Å². The first kappa shape index (κ1) is 11.5. The van der Waals surface area contributed by atoms with Gasteiger partial charge in [-0.1, -0.05) is 0 Å². The first-order valence-electron chi connectivity index (χ1n) is 7.44. The average molecular weight is 255 g/mol. The van der Waals surface area contributed by atoms with Gasteiger partial charge in [0.25, 0.3) is 0 Å². The lowest BCUT2D eigenvalue weighted by molar-refractivity contribution is 0.178. The van der Waals surface area contributed by atoms with Crippen molar-refractivity contribution in [3.63, 3.8) is 0 Å². The summed E-state index contributed by atoms with van der Waals surface area (Å²) in [6.45, 7) is 7.84. The lowest BCUT2D eigenvalue weighted by Crippen LogP contribution is -2.38. The Hall–Kier alpha value is -1.35. The van der Waals surface area contributed by atoms with Crippen LogP contribution >= 0.6 is 0 Å². The zero-order chi connectivity index (χ0) is 13.0. The van der Waals surface area contributed by atoms with E-state index in [2.05, 4.69) is 41.6 Å². The highest BCUT2D eigenvalue weighted by Crippen LogP contribution is 2.40. The third-order valence-electron chi connectivity index (χ3n) is 4.60. The number of pyridine rings is 1. The van der Waals surface area contributed by atoms with Crippen LogP contribution in [0, 0.1) is 0 Å². The van der Waals surface area contributed by atoms with Crippen LogP contribution in [0.1, 0.15) is 43.9 Å². The Morgan fingerprint density at radius 2 is 2.05 bits per heavy atom. The summed E-state index contributed by atoms with van der Waals surface area (Å²) in [6, 6.07) is 5.34. The molecule has 0 N–H and O–H groups in total. The fourth-order valence-electron chi connectivity index (χ4n) is 3.19. The van der Waals surface area contributed by atoms with Crippen molar-refractivity contribution >= 4 is 11.0 Å². The normalized spacial score (nSPS) is 20.2. The first-order valence-corrected chi connectivity index (χ1v) is 7.44. The minimum atomic E-state index is 0.627. The molecule has 0 amide bonds. The van der Waals surface area contributed by atoms with E-state index in [0.29, 0.717) is 6.04 Å². The molecule has 100 valence electrons. The van der Waals surface area contributed by atoms with Crippen molar-refractivity contribution in [2.24, 2.45) is 0 Å². The van der Waals surface area contributed by atoms with Gasteiger partial charge in [0.15, 0.2) is 0 Å². The van der Waals surface area contributed by atoms with E-state index in [9.17, 15) is 0 Å². The summed E-state index contributed by atoms with van der Waals surface area (Å²) in [6.07, 6.45) is 4.80. The van der Waals surface area contributed by atoms with Crippen molar-refractivity contribution in [2.75, 3.05) is 6.54 Å². The summed E-state index contributed by atoms with van der Waals surface area (Å²) in [4.78, 5) is 7.27. The van der Waals surface area contributed by atoms with Crippen molar-refractivity contribution in [1.82, 2.24) is 14.5 Å². The summed E-state index contributed by atoms with van der Waals surface area (Å²) < 4.78 is 2.41. The predicted octanol–water partition coefficient (Wildman–Crippen LogP) is 3.14. The highest BCUT2D eigenvalue weighted by atomic mass is 15.2. The molecule has 3 nitrogen and oxygen atoms in total. The second kappa shape index (κ2) is 4.07. The molecule has 19 heavy (non-hydrogen) atoms. The molecule has 4 rings (SSSR count). The van der Waals surface area contributed by atoms with Gasteiger partial charge in [0.2, 0.25) is 0 Å². The second-order valence-electron chi connectivity index (χ2n) is 6.31. The van der Waals surface area contributed by atoms with Crippen molar-refractivity contribution in [2.45, 2.75) is 51.7 Å². The first-order chi connectivity index (χ1) is 9.22. The Morgan fingerprint density at radius 1 is 1.21 bits per heavy atom. The van der Waals surface area contributed by atoms with Crippen LogP contribution < -0.4 is 0 Å². The molecule has 1 saturated carbocycles. The molecule has 0 bridgehead atoms. The number of hydrogen-bond acceptors (Lipinski definition) is 2. The fraction of sp³-hybridized carbons (Fsp3) is 0.562. The van der Waals surface area contributed by atoms with Crippen LogP contribution in [0.4, 0.5) is 0 Å². The number of fused-ring (bicyclic) bond motifs is 3. The zero-order valence-corrected chi connectivity index (χ0v) is 11.8. The smallest absolute Gasteiger partial charge is 0.140 e. The van der Waals surface area contributed by atoms with Gasteiger partial charge in [-0.15, -0.1) is 0 Å². The molecule has 2 aromatic heterocycles. The third kappa shape index (κ3) is 1.88. The minimum absolute atomic E-state index is 0.627. The highest BCUT2D eigenvalue weighted by molar-refractivity contribution is 5.78. The molecule has 2 aromatic rings. The monoisotopic (exact) mass is 255 g/mol. The molecule has 3 heteroatoms. The maximum atomic E-state index is 4.73. The molecule has 2 aliphatic rings. The van der Waals surface area contributed by atoms with Gasteiger partial charge < -0.3 is 4.57 Å². The highest BCUT2D eigenvalue weighted by Gasteiger charge is 2.25. The molecule has 1 fully saturated rings. The quantitative estimate of drug-likeness (QED) is 0.822. The standard InChI is InChI=1S/C16H21N3/c1-11(2)18-5-6-19-15(10-18)8-13-7-14(12-3-4-12)9-17-16(13)19/h7-9,11-12H,3-6,10H2,1-2H3. The van der Waals surface area contributed by atoms with E-state index < -0.39 is 0 Å². The van der Waals surface area contributed by atoms with E-state index in [0.717, 1.165) is 25.6 Å². The molecule has 0 aromatic carbocycles. The summed E-state index contributed by atoms with van der Waals surface area (Å²) >= 11 is 0. The van der Waals surface area contributed by atoms with Gasteiger partial charge in [-0.25, -0.2) is 4.98 Å². The van der Waals surface area contributed by atoms with Crippen LogP contribution in [-0.2, 0) is 13.1 Å². The Morgan fingerprint density at radius 3 is 2.79 bits per heavy atom. The lowest BCUT2D eigenvalue weighted by atomic mass is 10.1. The largest absolute Gasteiger partial charge is 0.327 e. The van der Waals surface area contributed by atoms with Gasteiger partial charge in [-0.05, 0) is 50.3 Å². The molecule has 0 atom stereocenters. The second-order valence-corrected chi connectivity index (χ2v) is 6.31. The predicted molar refractivity (Wildman–Crippen MR) is 77.3 cm³/mol. The van der Waals surface area contributed by atoms with Crippen LogP contribution in [0.5, 0.6) is 0 Å². The van der Waals surface area contributed by atoms with E-state index in [1.807, 2.05) is 0 Å². The van der Waals surface area contributed by atoms with Crippen molar-refractivity contribution < 1.29 is 0 Å². The summed E-state index contributed by atoms with van der Waals surface area (Å²) in [5.74, 6) is 0.793. The third-order valence-corrected chi connectivity index (χ3v) is 4.60. The summed E-state index contributed by atoms with van der Waals surface area (Å²) in [7, 11) is 0. The topological polar surface area (TPSA) is 21.1 Å². The molecular formula is C16H21N3. The summed E-state index contributed by atoms with van der Waals surface area (Å²) in [5.41, 5.74) is 4.05. The van der Waals surface area contributed by atoms with E-state index in [-0.39, 0.29) is 0 Å². The number of aromatic nitrogens is 2. The van der Waals surface area contributed by atoms with Crippen LogP contribution in [0.3, 0.4) is 0 Å². The Bertz CT molecular complexity index is 622. The molecule has 1 aliphatic heterocycles. The molecule has 0 saturated heterocycles. The average Bonchev–Trinajstić information content (AvgIpc) is 3.18. The Kier molecular flexibility index (Phi) is 2.46. The van der Waals surface area contributed by atoms with E-state index in [4.69, 9.17) is 4.98 Å². The van der Waals surface area contributed by atoms with Crippen LogP contribution in [0.25, 0.3) is 11.0 Å². The van der Waals surface area contributed by atoms with Crippen LogP contribution in [0.2, 0.25) is 0 Å². The van der Waals surface area contributed by atoms with Gasteiger partial charge in [0, 0.05) is 43.0 Å². The van der Waals surface area contributed by atoms with Gasteiger partial charge in [-0.2, -0.15) is 0 Å². The number of hydrogen-bond donors (Lipinski definition) is 0.